The van der Waals surface area contributed by atoms with Crippen molar-refractivity contribution in [1.82, 2.24) is 4.98 Å². The summed E-state index contributed by atoms with van der Waals surface area (Å²) >= 11 is 0. The summed E-state index contributed by atoms with van der Waals surface area (Å²) in [6.07, 6.45) is 3.87. The third-order valence-electron chi connectivity index (χ3n) is 6.31. The van der Waals surface area contributed by atoms with Crippen molar-refractivity contribution in [2.24, 2.45) is 4.99 Å². The number of aliphatic hydroxyl groups is 2. The zero-order chi connectivity index (χ0) is 21.1. The molecule has 6 heteroatoms. The highest BCUT2D eigenvalue weighted by Gasteiger charge is 2.41. The van der Waals surface area contributed by atoms with Crippen molar-refractivity contribution in [1.29, 1.82) is 0 Å². The maximum atomic E-state index is 13.0. The van der Waals surface area contributed by atoms with Gasteiger partial charge in [0.2, 0.25) is 5.90 Å². The number of methoxy groups -OCH3 is 1. The highest BCUT2D eigenvalue weighted by Crippen LogP contribution is 2.43. The van der Waals surface area contributed by atoms with Gasteiger partial charge in [-0.25, -0.2) is 4.99 Å². The van der Waals surface area contributed by atoms with Crippen LogP contribution in [0.4, 0.5) is 0 Å². The van der Waals surface area contributed by atoms with Gasteiger partial charge in [-0.1, -0.05) is 43.2 Å². The first-order valence-corrected chi connectivity index (χ1v) is 10.5. The van der Waals surface area contributed by atoms with Gasteiger partial charge in [-0.05, 0) is 30.0 Å². The summed E-state index contributed by atoms with van der Waals surface area (Å²) in [7, 11) is 1.55. The second-order valence-corrected chi connectivity index (χ2v) is 8.27. The number of hydrogen-bond donors (Lipinski definition) is 2. The van der Waals surface area contributed by atoms with Crippen LogP contribution < -0.4 is 0 Å². The van der Waals surface area contributed by atoms with E-state index >= 15 is 0 Å². The molecule has 1 atom stereocenters. The molecule has 1 fully saturated rings. The number of aliphatic hydroxyl groups excluding tert-OH is 1. The fourth-order valence-corrected chi connectivity index (χ4v) is 4.85. The molecule has 2 heterocycles. The Balaban J connectivity index is 1.55. The first kappa shape index (κ1) is 20.7. The molecule has 1 aromatic heterocycles. The van der Waals surface area contributed by atoms with Crippen molar-refractivity contribution in [3.8, 4) is 0 Å². The van der Waals surface area contributed by atoms with Crippen LogP contribution in [0, 0.1) is 0 Å². The van der Waals surface area contributed by atoms with Crippen LogP contribution >= 0.6 is 0 Å². The predicted molar refractivity (Wildman–Crippen MR) is 113 cm³/mol. The smallest absolute Gasteiger partial charge is 0.218 e. The summed E-state index contributed by atoms with van der Waals surface area (Å²) in [5.74, 6) is 0.294. The molecule has 6 nitrogen and oxygen atoms in total. The Morgan fingerprint density at radius 2 is 1.97 bits per heavy atom. The lowest BCUT2D eigenvalue weighted by Gasteiger charge is -2.33. The van der Waals surface area contributed by atoms with Gasteiger partial charge in [-0.2, -0.15) is 0 Å². The SMILES string of the molecule is COC1=NCc2cc(CC(=O)C[C@@H](c3ccccc3)C3(O)CCCC3)nc(CO)c21. The fourth-order valence-electron chi connectivity index (χ4n) is 4.85. The van der Waals surface area contributed by atoms with E-state index in [1.807, 2.05) is 36.4 Å². The van der Waals surface area contributed by atoms with E-state index in [9.17, 15) is 15.0 Å². The molecule has 158 valence electrons. The first-order valence-electron chi connectivity index (χ1n) is 10.5. The molecule has 1 aliphatic carbocycles. The maximum absolute atomic E-state index is 13.0. The average molecular weight is 408 g/mol. The second-order valence-electron chi connectivity index (χ2n) is 8.27. The van der Waals surface area contributed by atoms with E-state index in [-0.39, 0.29) is 31.1 Å². The van der Waals surface area contributed by atoms with Crippen molar-refractivity contribution in [2.75, 3.05) is 7.11 Å². The average Bonchev–Trinajstić information content (AvgIpc) is 3.38. The van der Waals surface area contributed by atoms with Crippen LogP contribution in [-0.2, 0) is 29.1 Å². The Morgan fingerprint density at radius 3 is 2.63 bits per heavy atom. The van der Waals surface area contributed by atoms with E-state index in [2.05, 4.69) is 9.98 Å². The Bertz CT molecular complexity index is 949. The van der Waals surface area contributed by atoms with E-state index in [4.69, 9.17) is 4.74 Å². The number of aromatic nitrogens is 1. The standard InChI is InChI=1S/C24H28N2O4/c1-30-23-22-17(14-25-23)11-18(26-21(22)15-27)12-19(28)13-20(16-7-3-2-4-8-16)24(29)9-5-6-10-24/h2-4,7-8,11,20,27,29H,5-6,9-10,12-15H2,1H3/t20-/m0/s1. The lowest BCUT2D eigenvalue weighted by Crippen LogP contribution is -2.34. The molecule has 0 radical (unpaired) electrons. The van der Waals surface area contributed by atoms with Crippen LogP contribution in [0.25, 0.3) is 0 Å². The molecule has 1 aliphatic heterocycles. The monoisotopic (exact) mass is 408 g/mol. The van der Waals surface area contributed by atoms with Gasteiger partial charge in [0.25, 0.3) is 0 Å². The normalized spacial score (nSPS) is 18.0. The van der Waals surface area contributed by atoms with Crippen LogP contribution in [0.5, 0.6) is 0 Å². The van der Waals surface area contributed by atoms with E-state index in [1.54, 1.807) is 7.11 Å². The van der Waals surface area contributed by atoms with Gasteiger partial charge in [0, 0.05) is 24.5 Å². The van der Waals surface area contributed by atoms with Crippen LogP contribution in [0.15, 0.2) is 41.4 Å². The highest BCUT2D eigenvalue weighted by molar-refractivity contribution is 5.98. The number of fused-ring (bicyclic) bond motifs is 1. The molecule has 1 saturated carbocycles. The number of ether oxygens (including phenoxy) is 1. The topological polar surface area (TPSA) is 92.0 Å². The van der Waals surface area contributed by atoms with Crippen molar-refractivity contribution in [2.45, 2.75) is 63.2 Å². The van der Waals surface area contributed by atoms with Crippen molar-refractivity contribution in [3.05, 3.63) is 64.5 Å². The molecule has 0 amide bonds. The second kappa shape index (κ2) is 8.66. The third-order valence-corrected chi connectivity index (χ3v) is 6.31. The van der Waals surface area contributed by atoms with Gasteiger partial charge >= 0.3 is 0 Å². The van der Waals surface area contributed by atoms with Crippen LogP contribution in [-0.4, -0.2) is 39.6 Å². The van der Waals surface area contributed by atoms with Gasteiger partial charge in [0.1, 0.15) is 5.78 Å². The van der Waals surface area contributed by atoms with Gasteiger partial charge < -0.3 is 14.9 Å². The quantitative estimate of drug-likeness (QED) is 0.735. The number of hydrogen-bond acceptors (Lipinski definition) is 6. The third kappa shape index (κ3) is 4.02. The molecule has 4 rings (SSSR count). The lowest BCUT2D eigenvalue weighted by atomic mass is 9.77. The number of rotatable bonds is 7. The van der Waals surface area contributed by atoms with E-state index in [0.717, 1.165) is 42.4 Å². The Morgan fingerprint density at radius 1 is 1.23 bits per heavy atom. The number of nitrogens with zero attached hydrogens (tertiary/aromatic N) is 2. The van der Waals surface area contributed by atoms with Gasteiger partial charge in [-0.3, -0.25) is 9.78 Å². The number of pyridine rings is 1. The Labute approximate surface area is 176 Å². The molecular weight excluding hydrogens is 380 g/mol. The molecule has 0 saturated heterocycles. The largest absolute Gasteiger partial charge is 0.481 e. The molecule has 0 spiro atoms. The molecule has 1 aromatic carbocycles. The Kier molecular flexibility index (Phi) is 5.97. The fraction of sp³-hybridized carbons (Fsp3) is 0.458. The zero-order valence-corrected chi connectivity index (χ0v) is 17.3. The van der Waals surface area contributed by atoms with Gasteiger partial charge in [0.05, 0.1) is 37.1 Å². The molecule has 2 aliphatic rings. The summed E-state index contributed by atoms with van der Waals surface area (Å²) in [5.41, 5.74) is 2.94. The summed E-state index contributed by atoms with van der Waals surface area (Å²) in [6.45, 7) is 0.223. The number of benzene rings is 1. The minimum absolute atomic E-state index is 0.0337. The van der Waals surface area contributed by atoms with Crippen LogP contribution in [0.3, 0.4) is 0 Å². The molecule has 30 heavy (non-hydrogen) atoms. The van der Waals surface area contributed by atoms with Crippen LogP contribution in [0.1, 0.15) is 66.1 Å². The number of Topliss-reactive ketones (excluding diaryl/α,β-unsaturated/α-hetero) is 1. The Hall–Kier alpha value is -2.57. The van der Waals surface area contributed by atoms with E-state index in [0.29, 0.717) is 23.8 Å². The number of carbonyl (C=O) groups excluding carboxylic acids is 1. The molecular formula is C24H28N2O4. The van der Waals surface area contributed by atoms with E-state index in [1.165, 1.54) is 0 Å². The molecule has 2 N–H and O–H groups in total. The molecule has 0 bridgehead atoms. The highest BCUT2D eigenvalue weighted by atomic mass is 16.5. The number of ketones is 1. The minimum atomic E-state index is -0.833. The zero-order valence-electron chi connectivity index (χ0n) is 17.3. The van der Waals surface area contributed by atoms with Gasteiger partial charge in [0.15, 0.2) is 0 Å². The van der Waals surface area contributed by atoms with Gasteiger partial charge in [-0.15, -0.1) is 0 Å². The maximum Gasteiger partial charge on any atom is 0.218 e. The summed E-state index contributed by atoms with van der Waals surface area (Å²) in [6, 6.07) is 11.7. The summed E-state index contributed by atoms with van der Waals surface area (Å²) in [5, 5.41) is 21.0. The number of carbonyl (C=O) groups is 1. The van der Waals surface area contributed by atoms with Crippen LogP contribution in [0.2, 0.25) is 0 Å². The number of aliphatic imine (C=N–C) groups is 1. The summed E-state index contributed by atoms with van der Waals surface area (Å²) < 4.78 is 5.27. The van der Waals surface area contributed by atoms with Crippen molar-refractivity contribution >= 4 is 11.7 Å². The predicted octanol–water partition coefficient (Wildman–Crippen LogP) is 3.07. The molecule has 2 aromatic rings. The summed E-state index contributed by atoms with van der Waals surface area (Å²) in [4.78, 5) is 21.9. The lowest BCUT2D eigenvalue weighted by molar-refractivity contribution is -0.120. The minimum Gasteiger partial charge on any atom is -0.481 e. The first-order chi connectivity index (χ1) is 14.5. The molecule has 0 unspecified atom stereocenters. The van der Waals surface area contributed by atoms with E-state index < -0.39 is 5.60 Å². The van der Waals surface area contributed by atoms with Crippen molar-refractivity contribution < 1.29 is 19.7 Å². The van der Waals surface area contributed by atoms with Crippen molar-refractivity contribution in [3.63, 3.8) is 0 Å².